The average Bonchev–Trinajstić information content (AvgIpc) is 2.08. The Kier molecular flexibility index (Phi) is 3.71. The largest absolute Gasteiger partial charge is 0.399 e. The van der Waals surface area contributed by atoms with Crippen LogP contribution in [-0.2, 0) is 9.63 Å². The third-order valence-electron chi connectivity index (χ3n) is 1.68. The number of nitrogens with zero attached hydrogens (tertiary/aromatic N) is 1. The minimum Gasteiger partial charge on any atom is -0.399 e. The molecule has 0 aromatic carbocycles. The molecule has 1 aliphatic rings. The van der Waals surface area contributed by atoms with E-state index in [0.717, 1.165) is 5.71 Å². The van der Waals surface area contributed by atoms with Gasteiger partial charge in [0.2, 0.25) is 5.24 Å². The first-order chi connectivity index (χ1) is 6.24. The van der Waals surface area contributed by atoms with E-state index in [0.29, 0.717) is 0 Å². The van der Waals surface area contributed by atoms with Crippen molar-refractivity contribution >= 4 is 22.6 Å². The fourth-order valence-corrected chi connectivity index (χ4v) is 1.29. The fourth-order valence-electron chi connectivity index (χ4n) is 1.12. The number of halogens is 1. The van der Waals surface area contributed by atoms with Gasteiger partial charge in [-0.15, -0.1) is 0 Å². The Morgan fingerprint density at radius 1 is 1.69 bits per heavy atom. The zero-order chi connectivity index (χ0) is 9.68. The molecular weight excluding hydrogens is 190 g/mol. The monoisotopic (exact) mass is 199 g/mol. The third-order valence-corrected chi connectivity index (χ3v) is 1.83. The molecular formula is C9H10ClNO2. The summed E-state index contributed by atoms with van der Waals surface area (Å²) in [4.78, 5) is 15.3. The van der Waals surface area contributed by atoms with Crippen LogP contribution in [0.5, 0.6) is 0 Å². The standard InChI is InChI=1S/C9H10ClNO2/c1-13-11-8-5-3-2-4-7(8)6-9(10)12/h2-5,7H,6H2,1H3. The van der Waals surface area contributed by atoms with E-state index in [1.807, 2.05) is 18.2 Å². The van der Waals surface area contributed by atoms with Crippen molar-refractivity contribution in [3.63, 3.8) is 0 Å². The second-order valence-corrected chi connectivity index (χ2v) is 3.03. The van der Waals surface area contributed by atoms with E-state index < -0.39 is 0 Å². The van der Waals surface area contributed by atoms with Gasteiger partial charge >= 0.3 is 0 Å². The molecule has 1 aliphatic carbocycles. The molecule has 1 unspecified atom stereocenters. The Labute approximate surface area is 81.7 Å². The fraction of sp³-hybridized carbons (Fsp3) is 0.333. The van der Waals surface area contributed by atoms with E-state index in [1.54, 1.807) is 6.08 Å². The summed E-state index contributed by atoms with van der Waals surface area (Å²) in [6, 6.07) is 0. The molecule has 0 aliphatic heterocycles. The minimum atomic E-state index is -0.367. The maximum Gasteiger partial charge on any atom is 0.222 e. The highest BCUT2D eigenvalue weighted by Crippen LogP contribution is 2.15. The number of allylic oxidation sites excluding steroid dienone is 4. The summed E-state index contributed by atoms with van der Waals surface area (Å²) in [6.07, 6.45) is 7.63. The van der Waals surface area contributed by atoms with Crippen LogP contribution in [0.25, 0.3) is 0 Å². The summed E-state index contributed by atoms with van der Waals surface area (Å²) in [5, 5.41) is 3.42. The van der Waals surface area contributed by atoms with Crippen LogP contribution in [0.3, 0.4) is 0 Å². The van der Waals surface area contributed by atoms with E-state index >= 15 is 0 Å². The third kappa shape index (κ3) is 3.03. The van der Waals surface area contributed by atoms with Gasteiger partial charge in [-0.25, -0.2) is 0 Å². The summed E-state index contributed by atoms with van der Waals surface area (Å²) < 4.78 is 0. The molecule has 0 heterocycles. The maximum atomic E-state index is 10.7. The van der Waals surface area contributed by atoms with Gasteiger partial charge in [0.15, 0.2) is 0 Å². The van der Waals surface area contributed by atoms with Gasteiger partial charge in [-0.3, -0.25) is 4.79 Å². The van der Waals surface area contributed by atoms with Crippen molar-refractivity contribution in [3.8, 4) is 0 Å². The molecule has 0 amide bonds. The molecule has 0 bridgehead atoms. The van der Waals surface area contributed by atoms with E-state index in [4.69, 9.17) is 11.6 Å². The number of carbonyl (C=O) groups is 1. The van der Waals surface area contributed by atoms with Crippen molar-refractivity contribution in [3.05, 3.63) is 24.3 Å². The van der Waals surface area contributed by atoms with Crippen molar-refractivity contribution < 1.29 is 9.63 Å². The summed E-state index contributed by atoms with van der Waals surface area (Å²) in [5.74, 6) is -0.0602. The van der Waals surface area contributed by atoms with Crippen LogP contribution < -0.4 is 0 Å². The van der Waals surface area contributed by atoms with Crippen LogP contribution in [0.2, 0.25) is 0 Å². The molecule has 0 radical (unpaired) electrons. The van der Waals surface area contributed by atoms with Crippen LogP contribution in [0.4, 0.5) is 0 Å². The molecule has 0 aromatic rings. The lowest BCUT2D eigenvalue weighted by molar-refractivity contribution is -0.111. The lowest BCUT2D eigenvalue weighted by atomic mass is 9.96. The van der Waals surface area contributed by atoms with Crippen LogP contribution in [0.15, 0.2) is 29.5 Å². The molecule has 0 fully saturated rings. The minimum absolute atomic E-state index is 0.0602. The van der Waals surface area contributed by atoms with Crippen LogP contribution in [-0.4, -0.2) is 18.1 Å². The molecule has 0 spiro atoms. The highest BCUT2D eigenvalue weighted by Gasteiger charge is 2.16. The summed E-state index contributed by atoms with van der Waals surface area (Å²) in [7, 11) is 1.47. The number of hydrogen-bond donors (Lipinski definition) is 0. The van der Waals surface area contributed by atoms with Gasteiger partial charge in [0, 0.05) is 12.3 Å². The number of oxime groups is 1. The smallest absolute Gasteiger partial charge is 0.222 e. The first-order valence-corrected chi connectivity index (χ1v) is 4.26. The van der Waals surface area contributed by atoms with Crippen LogP contribution in [0.1, 0.15) is 6.42 Å². The van der Waals surface area contributed by atoms with Gasteiger partial charge in [-0.2, -0.15) is 0 Å². The predicted molar refractivity (Wildman–Crippen MR) is 51.7 cm³/mol. The Hall–Kier alpha value is -1.09. The first-order valence-electron chi connectivity index (χ1n) is 3.88. The highest BCUT2D eigenvalue weighted by molar-refractivity contribution is 6.63. The van der Waals surface area contributed by atoms with Gasteiger partial charge in [0.25, 0.3) is 0 Å². The Balaban J connectivity index is 2.70. The molecule has 3 nitrogen and oxygen atoms in total. The van der Waals surface area contributed by atoms with Crippen molar-refractivity contribution in [1.82, 2.24) is 0 Å². The maximum absolute atomic E-state index is 10.7. The van der Waals surface area contributed by atoms with E-state index in [2.05, 4.69) is 9.99 Å². The summed E-state index contributed by atoms with van der Waals surface area (Å²) in [5.41, 5.74) is 0.721. The number of rotatable bonds is 3. The molecule has 0 N–H and O–H groups in total. The SMILES string of the molecule is CON=C1C=CC=CC1CC(=O)Cl. The summed E-state index contributed by atoms with van der Waals surface area (Å²) in [6.45, 7) is 0. The van der Waals surface area contributed by atoms with Crippen molar-refractivity contribution in [2.75, 3.05) is 7.11 Å². The predicted octanol–water partition coefficient (Wildman–Crippen LogP) is 1.89. The zero-order valence-corrected chi connectivity index (χ0v) is 7.99. The zero-order valence-electron chi connectivity index (χ0n) is 7.24. The van der Waals surface area contributed by atoms with Crippen molar-refractivity contribution in [2.24, 2.45) is 11.1 Å². The lowest BCUT2D eigenvalue weighted by Crippen LogP contribution is -2.14. The lowest BCUT2D eigenvalue weighted by Gasteiger charge is -2.11. The Morgan fingerprint density at radius 3 is 3.08 bits per heavy atom. The normalized spacial score (nSPS) is 23.5. The van der Waals surface area contributed by atoms with Gasteiger partial charge < -0.3 is 4.84 Å². The number of hydrogen-bond acceptors (Lipinski definition) is 3. The second-order valence-electron chi connectivity index (χ2n) is 2.61. The highest BCUT2D eigenvalue weighted by atomic mass is 35.5. The van der Waals surface area contributed by atoms with Gasteiger partial charge in [-0.1, -0.05) is 23.4 Å². The van der Waals surface area contributed by atoms with Gasteiger partial charge in [0.1, 0.15) is 7.11 Å². The van der Waals surface area contributed by atoms with Crippen molar-refractivity contribution in [2.45, 2.75) is 6.42 Å². The first kappa shape index (κ1) is 9.99. The number of carbonyl (C=O) groups excluding carboxylic acids is 1. The quantitative estimate of drug-likeness (QED) is 0.514. The molecule has 1 atom stereocenters. The molecule has 70 valence electrons. The van der Waals surface area contributed by atoms with Gasteiger partial charge in [-0.05, 0) is 17.7 Å². The van der Waals surface area contributed by atoms with Gasteiger partial charge in [0.05, 0.1) is 5.71 Å². The topological polar surface area (TPSA) is 38.7 Å². The molecule has 4 heteroatoms. The molecule has 0 saturated carbocycles. The average molecular weight is 200 g/mol. The van der Waals surface area contributed by atoms with Crippen LogP contribution in [0, 0.1) is 5.92 Å². The van der Waals surface area contributed by atoms with Crippen LogP contribution >= 0.6 is 11.6 Å². The van der Waals surface area contributed by atoms with E-state index in [-0.39, 0.29) is 17.6 Å². The van der Waals surface area contributed by atoms with Crippen molar-refractivity contribution in [1.29, 1.82) is 0 Å². The Morgan fingerprint density at radius 2 is 2.46 bits per heavy atom. The van der Waals surface area contributed by atoms with E-state index in [1.165, 1.54) is 7.11 Å². The molecule has 13 heavy (non-hydrogen) atoms. The second kappa shape index (κ2) is 4.82. The Bertz CT molecular complexity index is 281. The molecule has 1 rings (SSSR count). The molecule has 0 saturated heterocycles. The van der Waals surface area contributed by atoms with E-state index in [9.17, 15) is 4.79 Å². The summed E-state index contributed by atoms with van der Waals surface area (Å²) >= 11 is 5.28. The molecule has 0 aromatic heterocycles.